The molecule has 0 spiro atoms. The Labute approximate surface area is 191 Å². The number of H-pyrrole nitrogens is 1. The highest BCUT2D eigenvalue weighted by molar-refractivity contribution is 7.89. The minimum Gasteiger partial charge on any atom is -0.462 e. The Hall–Kier alpha value is -3.25. The van der Waals surface area contributed by atoms with Crippen LogP contribution in [0.2, 0.25) is 0 Å². The van der Waals surface area contributed by atoms with Crippen molar-refractivity contribution in [3.63, 3.8) is 0 Å². The van der Waals surface area contributed by atoms with Gasteiger partial charge in [0.05, 0.1) is 22.0 Å². The van der Waals surface area contributed by atoms with E-state index in [-0.39, 0.29) is 55.0 Å². The van der Waals surface area contributed by atoms with Crippen molar-refractivity contribution in [2.24, 2.45) is 0 Å². The fourth-order valence-corrected chi connectivity index (χ4v) is 5.55. The lowest BCUT2D eigenvalue weighted by Crippen LogP contribution is -2.50. The second-order valence-corrected chi connectivity index (χ2v) is 9.66. The van der Waals surface area contributed by atoms with E-state index in [4.69, 9.17) is 4.74 Å². The van der Waals surface area contributed by atoms with E-state index < -0.39 is 20.9 Å². The molecule has 3 rings (SSSR count). The summed E-state index contributed by atoms with van der Waals surface area (Å²) in [4.78, 5) is 40.0. The smallest absolute Gasteiger partial charge is 0.340 e. The van der Waals surface area contributed by atoms with Gasteiger partial charge in [0.25, 0.3) is 11.6 Å². The maximum atomic E-state index is 13.1. The van der Waals surface area contributed by atoms with E-state index in [0.717, 1.165) is 6.07 Å². The zero-order chi connectivity index (χ0) is 24.5. The van der Waals surface area contributed by atoms with Crippen LogP contribution in [0.3, 0.4) is 0 Å². The summed E-state index contributed by atoms with van der Waals surface area (Å²) < 4.78 is 32.5. The Morgan fingerprint density at radius 3 is 2.36 bits per heavy atom. The first-order chi connectivity index (χ1) is 15.5. The summed E-state index contributed by atoms with van der Waals surface area (Å²) in [6.45, 7) is 7.19. The number of hydrogen-bond acceptors (Lipinski definition) is 7. The van der Waals surface area contributed by atoms with E-state index in [1.54, 1.807) is 27.7 Å². The molecule has 0 saturated carbocycles. The van der Waals surface area contributed by atoms with Gasteiger partial charge < -0.3 is 14.6 Å². The van der Waals surface area contributed by atoms with E-state index in [1.807, 2.05) is 0 Å². The number of aromatic amines is 1. The molecule has 2 heterocycles. The number of carbonyl (C=O) groups is 2. The molecule has 0 atom stereocenters. The summed E-state index contributed by atoms with van der Waals surface area (Å²) in [5, 5.41) is 11.1. The molecule has 1 N–H and O–H groups in total. The monoisotopic (exact) mass is 478 g/mol. The number of carbonyl (C=O) groups excluding carboxylic acids is 2. The Kier molecular flexibility index (Phi) is 6.89. The number of benzene rings is 1. The lowest BCUT2D eigenvalue weighted by molar-refractivity contribution is -0.385. The second kappa shape index (κ2) is 9.32. The third-order valence-electron chi connectivity index (χ3n) is 5.66. The standard InChI is InChI=1S/C21H26N4O7S/c1-5-32-21(27)18-14(3)19(22-15(18)4)20(26)23-8-10-24(11-9-23)33(30,31)17-12-16(25(28)29)7-6-13(17)2/h6-7,12,22H,5,8-11H2,1-4H3. The van der Waals surface area contributed by atoms with Crippen LogP contribution in [0.25, 0.3) is 0 Å². The first kappa shape index (κ1) is 24.4. The highest BCUT2D eigenvalue weighted by Crippen LogP contribution is 2.26. The normalized spacial score (nSPS) is 14.8. The summed E-state index contributed by atoms with van der Waals surface area (Å²) in [6.07, 6.45) is 0. The van der Waals surface area contributed by atoms with Gasteiger partial charge in [0, 0.05) is 44.0 Å². The van der Waals surface area contributed by atoms with Crippen LogP contribution in [-0.4, -0.2) is 72.2 Å². The largest absolute Gasteiger partial charge is 0.462 e. The fraction of sp³-hybridized carbons (Fsp3) is 0.429. The van der Waals surface area contributed by atoms with Gasteiger partial charge in [0.2, 0.25) is 10.0 Å². The van der Waals surface area contributed by atoms with Gasteiger partial charge in [-0.1, -0.05) is 6.07 Å². The Balaban J connectivity index is 1.77. The summed E-state index contributed by atoms with van der Waals surface area (Å²) >= 11 is 0. The van der Waals surface area contributed by atoms with Gasteiger partial charge in [-0.05, 0) is 38.8 Å². The highest BCUT2D eigenvalue weighted by atomic mass is 32.2. The number of piperazine rings is 1. The molecule has 0 unspecified atom stereocenters. The van der Waals surface area contributed by atoms with Crippen LogP contribution in [0.5, 0.6) is 0 Å². The van der Waals surface area contributed by atoms with Crippen molar-refractivity contribution in [3.8, 4) is 0 Å². The number of nitro benzene ring substituents is 1. The Bertz CT molecular complexity index is 1210. The first-order valence-corrected chi connectivity index (χ1v) is 11.8. The van der Waals surface area contributed by atoms with Crippen molar-refractivity contribution >= 4 is 27.6 Å². The van der Waals surface area contributed by atoms with Gasteiger partial charge in [-0.15, -0.1) is 0 Å². The number of esters is 1. The van der Waals surface area contributed by atoms with Crippen molar-refractivity contribution in [2.75, 3.05) is 32.8 Å². The molecule has 1 fully saturated rings. The topological polar surface area (TPSA) is 143 Å². The van der Waals surface area contributed by atoms with E-state index in [2.05, 4.69) is 4.98 Å². The first-order valence-electron chi connectivity index (χ1n) is 10.4. The average molecular weight is 479 g/mol. The molecule has 0 aliphatic carbocycles. The SMILES string of the molecule is CCOC(=O)c1c(C)[nH]c(C(=O)N2CCN(S(=O)(=O)c3cc([N+](=O)[O-])ccc3C)CC2)c1C. The van der Waals surface area contributed by atoms with Crippen LogP contribution in [0, 0.1) is 30.9 Å². The van der Waals surface area contributed by atoms with Crippen molar-refractivity contribution < 1.29 is 27.7 Å². The fourth-order valence-electron chi connectivity index (χ4n) is 3.88. The second-order valence-electron chi connectivity index (χ2n) is 7.75. The Morgan fingerprint density at radius 1 is 1.15 bits per heavy atom. The summed E-state index contributed by atoms with van der Waals surface area (Å²) in [7, 11) is -3.97. The average Bonchev–Trinajstić information content (AvgIpc) is 3.07. The molecule has 1 amide bonds. The molecule has 1 saturated heterocycles. The minimum atomic E-state index is -3.97. The van der Waals surface area contributed by atoms with Crippen LogP contribution in [-0.2, 0) is 14.8 Å². The molecular formula is C21H26N4O7S. The maximum Gasteiger partial charge on any atom is 0.340 e. The third kappa shape index (κ3) is 4.62. The number of non-ortho nitro benzene ring substituents is 1. The minimum absolute atomic E-state index is 0.0413. The van der Waals surface area contributed by atoms with Gasteiger partial charge in [0.1, 0.15) is 5.69 Å². The number of sulfonamides is 1. The predicted octanol–water partition coefficient (Wildman–Crippen LogP) is 2.17. The number of ether oxygens (including phenoxy) is 1. The number of nitrogens with one attached hydrogen (secondary N) is 1. The third-order valence-corrected chi connectivity index (χ3v) is 7.70. The molecule has 1 aliphatic heterocycles. The highest BCUT2D eigenvalue weighted by Gasteiger charge is 2.33. The number of rotatable bonds is 6. The van der Waals surface area contributed by atoms with Gasteiger partial charge in [-0.25, -0.2) is 13.2 Å². The van der Waals surface area contributed by atoms with E-state index in [9.17, 15) is 28.1 Å². The summed E-state index contributed by atoms with van der Waals surface area (Å²) in [5.74, 6) is -0.847. The molecule has 1 aromatic heterocycles. The van der Waals surface area contributed by atoms with Crippen molar-refractivity contribution in [1.82, 2.24) is 14.2 Å². The lowest BCUT2D eigenvalue weighted by Gasteiger charge is -2.34. The molecule has 1 aliphatic rings. The van der Waals surface area contributed by atoms with Crippen LogP contribution >= 0.6 is 0 Å². The number of amides is 1. The Morgan fingerprint density at radius 2 is 1.79 bits per heavy atom. The van der Waals surface area contributed by atoms with Gasteiger partial charge >= 0.3 is 5.97 Å². The molecular weight excluding hydrogens is 452 g/mol. The molecule has 11 nitrogen and oxygen atoms in total. The van der Waals surface area contributed by atoms with E-state index >= 15 is 0 Å². The zero-order valence-corrected chi connectivity index (χ0v) is 19.7. The molecule has 0 bridgehead atoms. The van der Waals surface area contributed by atoms with Crippen molar-refractivity contribution in [2.45, 2.75) is 32.6 Å². The number of nitrogens with zero attached hydrogens (tertiary/aromatic N) is 3. The molecule has 33 heavy (non-hydrogen) atoms. The van der Waals surface area contributed by atoms with Gasteiger partial charge in [-0.2, -0.15) is 4.31 Å². The van der Waals surface area contributed by atoms with Crippen LogP contribution in [0.15, 0.2) is 23.1 Å². The van der Waals surface area contributed by atoms with Crippen molar-refractivity contribution in [1.29, 1.82) is 0 Å². The maximum absolute atomic E-state index is 13.1. The number of aromatic nitrogens is 1. The molecule has 178 valence electrons. The summed E-state index contributed by atoms with van der Waals surface area (Å²) in [5.41, 5.74) is 1.70. The molecule has 0 radical (unpaired) electrons. The van der Waals surface area contributed by atoms with Crippen LogP contribution in [0.4, 0.5) is 5.69 Å². The van der Waals surface area contributed by atoms with Gasteiger partial charge in [0.15, 0.2) is 0 Å². The molecule has 2 aromatic rings. The van der Waals surface area contributed by atoms with Crippen LogP contribution in [0.1, 0.15) is 44.6 Å². The predicted molar refractivity (Wildman–Crippen MR) is 119 cm³/mol. The zero-order valence-electron chi connectivity index (χ0n) is 18.9. The number of hydrogen-bond donors (Lipinski definition) is 1. The van der Waals surface area contributed by atoms with E-state index in [1.165, 1.54) is 21.3 Å². The number of nitro groups is 1. The summed E-state index contributed by atoms with van der Waals surface area (Å²) in [6, 6.07) is 3.72. The molecule has 1 aromatic carbocycles. The number of aryl methyl sites for hydroxylation is 2. The lowest BCUT2D eigenvalue weighted by atomic mass is 10.1. The van der Waals surface area contributed by atoms with E-state index in [0.29, 0.717) is 22.4 Å². The van der Waals surface area contributed by atoms with Crippen LogP contribution < -0.4 is 0 Å². The van der Waals surface area contributed by atoms with Crippen molar-refractivity contribution in [3.05, 3.63) is 56.4 Å². The molecule has 12 heteroatoms. The quantitative estimate of drug-likeness (QED) is 0.381. The van der Waals surface area contributed by atoms with Gasteiger partial charge in [-0.3, -0.25) is 14.9 Å².